The first-order valence-corrected chi connectivity index (χ1v) is 10.2. The molecule has 150 valence electrons. The third-order valence-electron chi connectivity index (χ3n) is 4.66. The SMILES string of the molecule is COc1ccccc1-c1nc(COC(=O)CCC(=O)c2ccc(C)c(C)c2)cs1. The van der Waals surface area contributed by atoms with Crippen LogP contribution in [-0.4, -0.2) is 23.8 Å². The quantitative estimate of drug-likeness (QED) is 0.381. The van der Waals surface area contributed by atoms with E-state index in [-0.39, 0.29) is 25.2 Å². The van der Waals surface area contributed by atoms with Gasteiger partial charge in [0.25, 0.3) is 0 Å². The molecule has 0 radical (unpaired) electrons. The lowest BCUT2D eigenvalue weighted by molar-refractivity contribution is -0.145. The Kier molecular flexibility index (Phi) is 6.77. The van der Waals surface area contributed by atoms with Crippen molar-refractivity contribution in [1.29, 1.82) is 0 Å². The number of aromatic nitrogens is 1. The molecule has 0 saturated heterocycles. The van der Waals surface area contributed by atoms with Gasteiger partial charge in [0.15, 0.2) is 5.78 Å². The fourth-order valence-corrected chi connectivity index (χ4v) is 3.65. The topological polar surface area (TPSA) is 65.5 Å². The molecule has 0 aliphatic carbocycles. The van der Waals surface area contributed by atoms with Crippen LogP contribution >= 0.6 is 11.3 Å². The number of benzene rings is 2. The molecule has 29 heavy (non-hydrogen) atoms. The number of methoxy groups -OCH3 is 1. The Balaban J connectivity index is 1.51. The molecule has 5 nitrogen and oxygen atoms in total. The Morgan fingerprint density at radius 1 is 1.03 bits per heavy atom. The van der Waals surface area contributed by atoms with E-state index in [4.69, 9.17) is 9.47 Å². The summed E-state index contributed by atoms with van der Waals surface area (Å²) in [6.45, 7) is 4.05. The summed E-state index contributed by atoms with van der Waals surface area (Å²) in [6, 6.07) is 13.2. The Labute approximate surface area is 174 Å². The van der Waals surface area contributed by atoms with E-state index in [1.807, 2.05) is 55.6 Å². The highest BCUT2D eigenvalue weighted by Gasteiger charge is 2.13. The van der Waals surface area contributed by atoms with E-state index < -0.39 is 5.97 Å². The van der Waals surface area contributed by atoms with Crippen molar-refractivity contribution in [2.45, 2.75) is 33.3 Å². The van der Waals surface area contributed by atoms with Crippen LogP contribution < -0.4 is 4.74 Å². The number of ketones is 1. The number of Topliss-reactive ketones (excluding diaryl/α,β-unsaturated/α-hetero) is 1. The Morgan fingerprint density at radius 3 is 2.59 bits per heavy atom. The number of carbonyl (C=O) groups excluding carboxylic acids is 2. The second-order valence-electron chi connectivity index (χ2n) is 6.73. The van der Waals surface area contributed by atoms with Gasteiger partial charge < -0.3 is 9.47 Å². The number of hydrogen-bond donors (Lipinski definition) is 0. The van der Waals surface area contributed by atoms with Crippen molar-refractivity contribution in [3.8, 4) is 16.3 Å². The van der Waals surface area contributed by atoms with Crippen LogP contribution in [0.15, 0.2) is 47.8 Å². The highest BCUT2D eigenvalue weighted by Crippen LogP contribution is 2.32. The molecule has 0 N–H and O–H groups in total. The van der Waals surface area contributed by atoms with Crippen LogP contribution in [0.3, 0.4) is 0 Å². The number of ether oxygens (including phenoxy) is 2. The number of nitrogens with zero attached hydrogens (tertiary/aromatic N) is 1. The van der Waals surface area contributed by atoms with Crippen molar-refractivity contribution in [2.24, 2.45) is 0 Å². The average molecular weight is 410 g/mol. The molecule has 0 saturated carbocycles. The summed E-state index contributed by atoms with van der Waals surface area (Å²) in [6.07, 6.45) is 0.181. The van der Waals surface area contributed by atoms with Gasteiger partial charge in [0.1, 0.15) is 17.4 Å². The van der Waals surface area contributed by atoms with Crippen LogP contribution in [0.5, 0.6) is 5.75 Å². The molecule has 0 aliphatic rings. The zero-order valence-electron chi connectivity index (χ0n) is 16.7. The fourth-order valence-electron chi connectivity index (χ4n) is 2.82. The maximum atomic E-state index is 12.3. The first-order valence-electron chi connectivity index (χ1n) is 9.32. The number of esters is 1. The molecule has 0 amide bonds. The monoisotopic (exact) mass is 409 g/mol. The van der Waals surface area contributed by atoms with Crippen LogP contribution in [0.1, 0.15) is 40.0 Å². The van der Waals surface area contributed by atoms with Gasteiger partial charge in [-0.05, 0) is 43.2 Å². The average Bonchev–Trinajstić information content (AvgIpc) is 3.21. The van der Waals surface area contributed by atoms with E-state index in [9.17, 15) is 9.59 Å². The van der Waals surface area contributed by atoms with Crippen molar-refractivity contribution in [1.82, 2.24) is 4.98 Å². The predicted octanol–water partition coefficient (Wildman–Crippen LogP) is 5.14. The van der Waals surface area contributed by atoms with Gasteiger partial charge >= 0.3 is 5.97 Å². The Hall–Kier alpha value is -2.99. The van der Waals surface area contributed by atoms with Crippen molar-refractivity contribution < 1.29 is 19.1 Å². The molecule has 6 heteroatoms. The standard InChI is InChI=1S/C23H23NO4S/c1-15-8-9-17(12-16(15)2)20(25)10-11-22(26)28-13-18-14-29-23(24-18)19-6-4-5-7-21(19)27-3/h4-9,12,14H,10-11,13H2,1-3H3. The largest absolute Gasteiger partial charge is 0.496 e. The smallest absolute Gasteiger partial charge is 0.306 e. The van der Waals surface area contributed by atoms with Gasteiger partial charge in [0, 0.05) is 17.4 Å². The number of hydrogen-bond acceptors (Lipinski definition) is 6. The molecule has 2 aromatic carbocycles. The lowest BCUT2D eigenvalue weighted by atomic mass is 10.0. The van der Waals surface area contributed by atoms with E-state index in [0.717, 1.165) is 27.4 Å². The molecular formula is C23H23NO4S. The molecular weight excluding hydrogens is 386 g/mol. The first-order chi connectivity index (χ1) is 14.0. The lowest BCUT2D eigenvalue weighted by Crippen LogP contribution is -2.08. The van der Waals surface area contributed by atoms with Gasteiger partial charge in [-0.2, -0.15) is 0 Å². The van der Waals surface area contributed by atoms with Crippen LogP contribution in [0, 0.1) is 13.8 Å². The Bertz CT molecular complexity index is 1030. The van der Waals surface area contributed by atoms with Gasteiger partial charge in [-0.25, -0.2) is 4.98 Å². The molecule has 3 rings (SSSR count). The van der Waals surface area contributed by atoms with E-state index >= 15 is 0 Å². The van der Waals surface area contributed by atoms with Crippen molar-refractivity contribution in [3.63, 3.8) is 0 Å². The lowest BCUT2D eigenvalue weighted by Gasteiger charge is -2.06. The van der Waals surface area contributed by atoms with Gasteiger partial charge in [0.2, 0.25) is 0 Å². The minimum atomic E-state index is -0.408. The second-order valence-corrected chi connectivity index (χ2v) is 7.59. The highest BCUT2D eigenvalue weighted by molar-refractivity contribution is 7.13. The molecule has 1 heterocycles. The summed E-state index contributed by atoms with van der Waals surface area (Å²) in [7, 11) is 1.62. The van der Waals surface area contributed by atoms with Crippen molar-refractivity contribution in [3.05, 3.63) is 70.2 Å². The van der Waals surface area contributed by atoms with Crippen molar-refractivity contribution in [2.75, 3.05) is 7.11 Å². The molecule has 0 fully saturated rings. The van der Waals surface area contributed by atoms with Crippen LogP contribution in [0.2, 0.25) is 0 Å². The number of para-hydroxylation sites is 1. The normalized spacial score (nSPS) is 10.6. The van der Waals surface area contributed by atoms with Crippen LogP contribution in [0.4, 0.5) is 0 Å². The third-order valence-corrected chi connectivity index (χ3v) is 5.58. The number of thiazole rings is 1. The molecule has 0 bridgehead atoms. The summed E-state index contributed by atoms with van der Waals surface area (Å²) in [4.78, 5) is 28.8. The summed E-state index contributed by atoms with van der Waals surface area (Å²) < 4.78 is 10.6. The number of carbonyl (C=O) groups is 2. The molecule has 0 aliphatic heterocycles. The van der Waals surface area contributed by atoms with Gasteiger partial charge in [-0.3, -0.25) is 9.59 Å². The minimum Gasteiger partial charge on any atom is -0.496 e. The maximum absolute atomic E-state index is 12.3. The van der Waals surface area contributed by atoms with Gasteiger partial charge in [0.05, 0.1) is 24.8 Å². The molecule has 0 unspecified atom stereocenters. The third kappa shape index (κ3) is 5.29. The Morgan fingerprint density at radius 2 is 1.83 bits per heavy atom. The van der Waals surface area contributed by atoms with Gasteiger partial charge in [-0.15, -0.1) is 11.3 Å². The molecule has 0 atom stereocenters. The van der Waals surface area contributed by atoms with Crippen LogP contribution in [0.25, 0.3) is 10.6 Å². The highest BCUT2D eigenvalue weighted by atomic mass is 32.1. The number of rotatable bonds is 8. The second kappa shape index (κ2) is 9.47. The minimum absolute atomic E-state index is 0.0509. The predicted molar refractivity (Wildman–Crippen MR) is 113 cm³/mol. The van der Waals surface area contributed by atoms with E-state index in [1.54, 1.807) is 13.2 Å². The summed E-state index contributed by atoms with van der Waals surface area (Å²) in [5.74, 6) is 0.279. The molecule has 1 aromatic heterocycles. The molecule has 0 spiro atoms. The van der Waals surface area contributed by atoms with Gasteiger partial charge in [-0.1, -0.05) is 24.3 Å². The fraction of sp³-hybridized carbons (Fsp3) is 0.261. The summed E-state index contributed by atoms with van der Waals surface area (Å²) in [5, 5.41) is 2.66. The summed E-state index contributed by atoms with van der Waals surface area (Å²) in [5.41, 5.74) is 4.40. The van der Waals surface area contributed by atoms with E-state index in [2.05, 4.69) is 4.98 Å². The molecule has 3 aromatic rings. The zero-order chi connectivity index (χ0) is 20.8. The zero-order valence-corrected chi connectivity index (χ0v) is 17.5. The number of aryl methyl sites for hydroxylation is 2. The maximum Gasteiger partial charge on any atom is 0.306 e. The van der Waals surface area contributed by atoms with E-state index in [1.165, 1.54) is 11.3 Å². The summed E-state index contributed by atoms with van der Waals surface area (Å²) >= 11 is 1.47. The van der Waals surface area contributed by atoms with E-state index in [0.29, 0.717) is 11.3 Å². The first kappa shape index (κ1) is 20.7. The van der Waals surface area contributed by atoms with Crippen molar-refractivity contribution >= 4 is 23.1 Å². The van der Waals surface area contributed by atoms with Crippen LogP contribution in [-0.2, 0) is 16.1 Å².